The summed E-state index contributed by atoms with van der Waals surface area (Å²) in [6.07, 6.45) is 0.356. The van der Waals surface area contributed by atoms with E-state index in [0.717, 1.165) is 11.1 Å². The molecule has 2 saturated heterocycles. The number of amides is 3. The van der Waals surface area contributed by atoms with Crippen LogP contribution in [0.4, 0.5) is 4.79 Å². The van der Waals surface area contributed by atoms with E-state index in [4.69, 9.17) is 11.6 Å². The van der Waals surface area contributed by atoms with E-state index in [1.54, 1.807) is 11.9 Å². The number of benzene rings is 2. The summed E-state index contributed by atoms with van der Waals surface area (Å²) in [6.45, 7) is 1.74. The number of rotatable bonds is 4. The number of likely N-dealkylation sites (tertiary alicyclic amines) is 1. The van der Waals surface area contributed by atoms with Crippen molar-refractivity contribution in [1.82, 2.24) is 15.1 Å². The molecule has 0 saturated carbocycles. The second-order valence-electron chi connectivity index (χ2n) is 7.38. The van der Waals surface area contributed by atoms with Crippen LogP contribution < -0.4 is 5.32 Å². The number of nitrogens with one attached hydrogen (secondary N) is 1. The number of nitrogens with zero attached hydrogens (tertiary/aromatic N) is 2. The highest BCUT2D eigenvalue weighted by atomic mass is 35.5. The first kappa shape index (κ1) is 17.9. The first-order chi connectivity index (χ1) is 13.0. The number of halogens is 1. The standard InChI is InChI=1S/C21H22ClN3O2/c1-24-20(27)23-12-21(24)13-25(14-21)19(26)11-17(15-7-3-2-4-8-15)16-9-5-6-10-18(16)22/h2-10,17H,11-14H2,1H3,(H,23,27). The van der Waals surface area contributed by atoms with E-state index < -0.39 is 0 Å². The Bertz CT molecular complexity index is 865. The molecule has 1 atom stereocenters. The third-order valence-corrected chi connectivity index (χ3v) is 6.11. The van der Waals surface area contributed by atoms with Gasteiger partial charge in [0.25, 0.3) is 0 Å². The second kappa shape index (κ2) is 6.89. The summed E-state index contributed by atoms with van der Waals surface area (Å²) < 4.78 is 0. The fourth-order valence-electron chi connectivity index (χ4n) is 4.01. The summed E-state index contributed by atoms with van der Waals surface area (Å²) in [4.78, 5) is 28.3. The molecule has 2 fully saturated rings. The topological polar surface area (TPSA) is 52.7 Å². The summed E-state index contributed by atoms with van der Waals surface area (Å²) in [6, 6.07) is 17.6. The maximum Gasteiger partial charge on any atom is 0.317 e. The lowest BCUT2D eigenvalue weighted by molar-refractivity contribution is -0.142. The number of carbonyl (C=O) groups is 2. The van der Waals surface area contributed by atoms with Gasteiger partial charge in [-0.25, -0.2) is 4.79 Å². The minimum atomic E-state index is -0.251. The molecule has 0 bridgehead atoms. The maximum absolute atomic E-state index is 13.0. The Kier molecular flexibility index (Phi) is 4.56. The average molecular weight is 384 g/mol. The summed E-state index contributed by atoms with van der Waals surface area (Å²) >= 11 is 6.44. The van der Waals surface area contributed by atoms with Crippen molar-refractivity contribution in [2.45, 2.75) is 17.9 Å². The molecule has 2 heterocycles. The lowest BCUT2D eigenvalue weighted by atomic mass is 9.85. The van der Waals surface area contributed by atoms with Crippen LogP contribution in [0.25, 0.3) is 0 Å². The maximum atomic E-state index is 13.0. The van der Waals surface area contributed by atoms with Gasteiger partial charge in [0.15, 0.2) is 0 Å². The molecule has 2 aliphatic rings. The molecule has 0 aliphatic carbocycles. The second-order valence-corrected chi connectivity index (χ2v) is 7.79. The van der Waals surface area contributed by atoms with Gasteiger partial charge in [-0.3, -0.25) is 4.79 Å². The highest BCUT2D eigenvalue weighted by Crippen LogP contribution is 2.36. The predicted octanol–water partition coefficient (Wildman–Crippen LogP) is 3.10. The van der Waals surface area contributed by atoms with Crippen molar-refractivity contribution in [3.8, 4) is 0 Å². The van der Waals surface area contributed by atoms with Crippen LogP contribution in [0.2, 0.25) is 5.02 Å². The summed E-state index contributed by atoms with van der Waals surface area (Å²) in [5, 5.41) is 3.52. The van der Waals surface area contributed by atoms with Crippen LogP contribution in [0.15, 0.2) is 54.6 Å². The molecule has 0 radical (unpaired) electrons. The molecular formula is C21H22ClN3O2. The van der Waals surface area contributed by atoms with Gasteiger partial charge < -0.3 is 15.1 Å². The third-order valence-electron chi connectivity index (χ3n) is 5.77. The van der Waals surface area contributed by atoms with E-state index >= 15 is 0 Å². The van der Waals surface area contributed by atoms with Gasteiger partial charge in [0.05, 0.1) is 5.54 Å². The first-order valence-electron chi connectivity index (χ1n) is 9.09. The van der Waals surface area contributed by atoms with Gasteiger partial charge in [0.1, 0.15) is 0 Å². The number of urea groups is 1. The van der Waals surface area contributed by atoms with Crippen LogP contribution >= 0.6 is 11.6 Å². The third kappa shape index (κ3) is 3.16. The van der Waals surface area contributed by atoms with Crippen molar-refractivity contribution in [3.05, 3.63) is 70.7 Å². The van der Waals surface area contributed by atoms with Crippen molar-refractivity contribution in [3.63, 3.8) is 0 Å². The molecule has 1 spiro atoms. The molecule has 1 N–H and O–H groups in total. The minimum Gasteiger partial charge on any atom is -0.338 e. The van der Waals surface area contributed by atoms with Crippen LogP contribution in [-0.4, -0.2) is 54.0 Å². The monoisotopic (exact) mass is 383 g/mol. The number of hydrogen-bond acceptors (Lipinski definition) is 2. The largest absolute Gasteiger partial charge is 0.338 e. The molecule has 0 aromatic heterocycles. The van der Waals surface area contributed by atoms with E-state index in [-0.39, 0.29) is 23.4 Å². The van der Waals surface area contributed by atoms with Crippen LogP contribution in [0, 0.1) is 0 Å². The highest BCUT2D eigenvalue weighted by Gasteiger charge is 2.53. The van der Waals surface area contributed by atoms with E-state index in [0.29, 0.717) is 31.1 Å². The fourth-order valence-corrected chi connectivity index (χ4v) is 4.28. The highest BCUT2D eigenvalue weighted by molar-refractivity contribution is 6.31. The van der Waals surface area contributed by atoms with Crippen molar-refractivity contribution < 1.29 is 9.59 Å². The predicted molar refractivity (Wildman–Crippen MR) is 105 cm³/mol. The molecule has 3 amide bonds. The Hall–Kier alpha value is -2.53. The molecular weight excluding hydrogens is 362 g/mol. The van der Waals surface area contributed by atoms with Crippen LogP contribution in [-0.2, 0) is 4.79 Å². The quantitative estimate of drug-likeness (QED) is 0.882. The van der Waals surface area contributed by atoms with Crippen LogP contribution in [0.5, 0.6) is 0 Å². The Morgan fingerprint density at radius 1 is 1.15 bits per heavy atom. The molecule has 2 aromatic carbocycles. The molecule has 140 valence electrons. The van der Waals surface area contributed by atoms with Crippen molar-refractivity contribution in [2.75, 3.05) is 26.7 Å². The van der Waals surface area contributed by atoms with Gasteiger partial charge in [-0.2, -0.15) is 0 Å². The lowest BCUT2D eigenvalue weighted by Gasteiger charge is -2.50. The Balaban J connectivity index is 1.52. The number of carbonyl (C=O) groups excluding carboxylic acids is 2. The smallest absolute Gasteiger partial charge is 0.317 e. The van der Waals surface area contributed by atoms with Gasteiger partial charge in [-0.15, -0.1) is 0 Å². The fraction of sp³-hybridized carbons (Fsp3) is 0.333. The zero-order valence-corrected chi connectivity index (χ0v) is 15.9. The van der Waals surface area contributed by atoms with Gasteiger partial charge in [0, 0.05) is 44.0 Å². The van der Waals surface area contributed by atoms with Gasteiger partial charge in [-0.1, -0.05) is 60.1 Å². The number of likely N-dealkylation sites (N-methyl/N-ethyl adjacent to an activating group) is 1. The zero-order chi connectivity index (χ0) is 19.0. The summed E-state index contributed by atoms with van der Waals surface area (Å²) in [5.41, 5.74) is 1.78. The molecule has 4 rings (SSSR count). The van der Waals surface area contributed by atoms with E-state index in [2.05, 4.69) is 5.32 Å². The molecule has 1 unspecified atom stereocenters. The van der Waals surface area contributed by atoms with Gasteiger partial charge >= 0.3 is 6.03 Å². The van der Waals surface area contributed by atoms with Gasteiger partial charge in [0.2, 0.25) is 5.91 Å². The Labute approximate surface area is 163 Å². The number of hydrogen-bond donors (Lipinski definition) is 1. The lowest BCUT2D eigenvalue weighted by Crippen LogP contribution is -2.70. The van der Waals surface area contributed by atoms with Crippen molar-refractivity contribution >= 4 is 23.5 Å². The zero-order valence-electron chi connectivity index (χ0n) is 15.2. The van der Waals surface area contributed by atoms with E-state index in [9.17, 15) is 9.59 Å². The molecule has 2 aliphatic heterocycles. The van der Waals surface area contributed by atoms with Crippen LogP contribution in [0.1, 0.15) is 23.5 Å². The summed E-state index contributed by atoms with van der Waals surface area (Å²) in [7, 11) is 1.79. The Morgan fingerprint density at radius 3 is 2.44 bits per heavy atom. The van der Waals surface area contributed by atoms with Crippen molar-refractivity contribution in [2.24, 2.45) is 0 Å². The average Bonchev–Trinajstić information content (AvgIpc) is 2.95. The van der Waals surface area contributed by atoms with Crippen molar-refractivity contribution in [1.29, 1.82) is 0 Å². The molecule has 6 heteroatoms. The summed E-state index contributed by atoms with van der Waals surface area (Å²) in [5.74, 6) is -0.00726. The van der Waals surface area contributed by atoms with E-state index in [1.165, 1.54) is 0 Å². The van der Waals surface area contributed by atoms with Gasteiger partial charge in [-0.05, 0) is 17.2 Å². The minimum absolute atomic E-state index is 0.0691. The normalized spacial score (nSPS) is 19.0. The Morgan fingerprint density at radius 2 is 1.81 bits per heavy atom. The molecule has 5 nitrogen and oxygen atoms in total. The van der Waals surface area contributed by atoms with Crippen LogP contribution in [0.3, 0.4) is 0 Å². The SMILES string of the molecule is CN1C(=O)NCC12CN(C(=O)CC(c1ccccc1)c1ccccc1Cl)C2. The molecule has 27 heavy (non-hydrogen) atoms. The van der Waals surface area contributed by atoms with E-state index in [1.807, 2.05) is 59.5 Å². The first-order valence-corrected chi connectivity index (χ1v) is 9.47. The molecule has 2 aromatic rings.